The van der Waals surface area contributed by atoms with Crippen molar-refractivity contribution in [2.45, 2.75) is 30.7 Å². The summed E-state index contributed by atoms with van der Waals surface area (Å²) in [5.41, 5.74) is 3.14. The molecule has 0 unspecified atom stereocenters. The Morgan fingerprint density at radius 2 is 1.74 bits per heavy atom. The number of phenols is 1. The Morgan fingerprint density at radius 3 is 2.42 bits per heavy atom. The van der Waals surface area contributed by atoms with Gasteiger partial charge in [-0.25, -0.2) is 0 Å². The molecular weight excluding hydrogens is 805 g/mol. The van der Waals surface area contributed by atoms with E-state index in [1.807, 2.05) is 23.6 Å². The summed E-state index contributed by atoms with van der Waals surface area (Å²) in [6.07, 6.45) is 2.27. The quantitative estimate of drug-likeness (QED) is 0.137. The highest BCUT2D eigenvalue weighted by Gasteiger charge is 2.70. The van der Waals surface area contributed by atoms with Gasteiger partial charge in [0.1, 0.15) is 5.75 Å². The second-order valence-electron chi connectivity index (χ2n) is 13.6. The number of hydrazine groups is 1. The van der Waals surface area contributed by atoms with Gasteiger partial charge in [0.25, 0.3) is 11.8 Å². The maximum atomic E-state index is 15.5. The zero-order valence-electron chi connectivity index (χ0n) is 28.3. The van der Waals surface area contributed by atoms with E-state index >= 15 is 4.79 Å². The second kappa shape index (κ2) is 13.5. The molecule has 3 aromatic carbocycles. The Hall–Kier alpha value is -4.36. The van der Waals surface area contributed by atoms with E-state index in [-0.39, 0.29) is 53.4 Å². The van der Waals surface area contributed by atoms with Gasteiger partial charge in [-0.15, -0.1) is 11.3 Å². The molecule has 53 heavy (non-hydrogen) atoms. The van der Waals surface area contributed by atoms with Gasteiger partial charge in [0.15, 0.2) is 11.5 Å². The summed E-state index contributed by atoms with van der Waals surface area (Å²) < 4.78 is 11.6. The van der Waals surface area contributed by atoms with Crippen molar-refractivity contribution in [2.75, 3.05) is 19.6 Å². The molecule has 4 aromatic rings. The fourth-order valence-electron chi connectivity index (χ4n) is 8.94. The molecule has 14 heteroatoms. The van der Waals surface area contributed by atoms with Crippen LogP contribution in [0.15, 0.2) is 88.2 Å². The largest absolute Gasteiger partial charge is 0.504 e. The number of anilines is 1. The topological polar surface area (TPSA) is 125 Å². The molecule has 2 N–H and O–H groups in total. The predicted molar refractivity (Wildman–Crippen MR) is 203 cm³/mol. The lowest BCUT2D eigenvalue weighted by atomic mass is 9.49. The van der Waals surface area contributed by atoms with Crippen LogP contribution in [0.5, 0.6) is 17.2 Å². The molecule has 8 rings (SSSR count). The van der Waals surface area contributed by atoms with Gasteiger partial charge >= 0.3 is 0 Å². The number of amides is 4. The Kier molecular flexibility index (Phi) is 9.08. The molecular formula is C39H32BrCl2N3O7S. The molecule has 2 saturated heterocycles. The third kappa shape index (κ3) is 5.47. The number of carbonyl (C=O) groups is 4. The number of benzene rings is 3. The maximum absolute atomic E-state index is 15.5. The third-order valence-corrected chi connectivity index (χ3v) is 13.0. The minimum atomic E-state index is -1.64. The van der Waals surface area contributed by atoms with Gasteiger partial charge in [-0.1, -0.05) is 69.0 Å². The Labute approximate surface area is 327 Å². The van der Waals surface area contributed by atoms with Crippen molar-refractivity contribution in [3.05, 3.63) is 114 Å². The number of nitrogens with zero attached hydrogens (tertiary/aromatic N) is 2. The summed E-state index contributed by atoms with van der Waals surface area (Å²) in [4.78, 5) is 61.0. The number of thiophene rings is 1. The fraction of sp³-hybridized carbons (Fsp3) is 0.282. The molecule has 0 spiro atoms. The third-order valence-electron chi connectivity index (χ3n) is 11.2. The number of nitrogens with one attached hydrogen (secondary N) is 1. The molecule has 10 nitrogen and oxygen atoms in total. The number of allylic oxidation sites excluding steroid dienone is 2. The average molecular weight is 838 g/mol. The van der Waals surface area contributed by atoms with Crippen molar-refractivity contribution in [1.82, 2.24) is 9.91 Å². The number of carbonyl (C=O) groups excluding carboxylic acids is 4. The monoisotopic (exact) mass is 835 g/mol. The number of hydrogen-bond acceptors (Lipinski definition) is 9. The molecule has 6 atom stereocenters. The summed E-state index contributed by atoms with van der Waals surface area (Å²) in [6.45, 7) is 0.160. The van der Waals surface area contributed by atoms with Gasteiger partial charge in [-0.2, -0.15) is 5.01 Å². The van der Waals surface area contributed by atoms with Crippen LogP contribution in [-0.4, -0.2) is 52.9 Å². The predicted octanol–water partition coefficient (Wildman–Crippen LogP) is 7.73. The Balaban J connectivity index is 1.35. The first kappa shape index (κ1) is 35.7. The average Bonchev–Trinajstić information content (AvgIpc) is 3.81. The van der Waals surface area contributed by atoms with Crippen LogP contribution >= 0.6 is 50.5 Å². The first-order chi connectivity index (χ1) is 25.5. The zero-order chi connectivity index (χ0) is 37.3. The number of hydrogen-bond donors (Lipinski definition) is 2. The van der Waals surface area contributed by atoms with Crippen LogP contribution in [0.1, 0.15) is 34.8 Å². The molecule has 1 aromatic heterocycles. The lowest BCUT2D eigenvalue weighted by Gasteiger charge is -2.50. The number of methoxy groups -OCH3 is 2. The van der Waals surface area contributed by atoms with Crippen LogP contribution in [0.4, 0.5) is 5.69 Å². The van der Waals surface area contributed by atoms with E-state index in [1.165, 1.54) is 36.5 Å². The molecule has 3 fully saturated rings. The standard InChI is InChI=1S/C39H32BrCl2N3O7S/c1-51-22-8-5-19(6-9-22)39-28(36(48)45(38(39)50)43-30-12-7-21(41)16-29(30)42)17-26-24(33(39)27-14-20(40)15-31(52-2)34(27)46)10-11-25-32(26)37(49)44(35(25)47)18-23-4-3-13-53-23/h3-10,12-16,25-26,28,32-33,43,46H,11,17-18H2,1-2H3/t25-,26+,28-,32-,33+,39+/m0/s1. The van der Waals surface area contributed by atoms with E-state index in [9.17, 15) is 19.5 Å². The number of fused-ring (bicyclic) bond motifs is 4. The van der Waals surface area contributed by atoms with Gasteiger partial charge in [-0.05, 0) is 78.2 Å². The van der Waals surface area contributed by atoms with Crippen molar-refractivity contribution in [2.24, 2.45) is 23.7 Å². The lowest BCUT2D eigenvalue weighted by molar-refractivity contribution is -0.141. The van der Waals surface area contributed by atoms with Crippen LogP contribution in [0.25, 0.3) is 0 Å². The van der Waals surface area contributed by atoms with E-state index in [4.69, 9.17) is 32.7 Å². The van der Waals surface area contributed by atoms with Gasteiger partial charge in [0, 0.05) is 25.9 Å². The summed E-state index contributed by atoms with van der Waals surface area (Å²) in [5, 5.41) is 15.4. The Morgan fingerprint density at radius 1 is 0.962 bits per heavy atom. The van der Waals surface area contributed by atoms with E-state index in [0.717, 1.165) is 9.89 Å². The number of halogens is 3. The molecule has 4 amide bonds. The molecule has 2 aliphatic carbocycles. The van der Waals surface area contributed by atoms with Crippen LogP contribution in [0.3, 0.4) is 0 Å². The number of imide groups is 2. The second-order valence-corrected chi connectivity index (χ2v) is 16.4. The number of ether oxygens (including phenoxy) is 2. The summed E-state index contributed by atoms with van der Waals surface area (Å²) in [7, 11) is 2.96. The van der Waals surface area contributed by atoms with Crippen molar-refractivity contribution in [3.63, 3.8) is 0 Å². The van der Waals surface area contributed by atoms with Crippen LogP contribution in [0.2, 0.25) is 10.0 Å². The number of aromatic hydroxyl groups is 1. The van der Waals surface area contributed by atoms with Gasteiger partial charge in [0.2, 0.25) is 11.8 Å². The van der Waals surface area contributed by atoms with E-state index in [2.05, 4.69) is 21.4 Å². The number of likely N-dealkylation sites (tertiary alicyclic amines) is 1. The summed E-state index contributed by atoms with van der Waals surface area (Å²) in [5.74, 6) is -5.26. The van der Waals surface area contributed by atoms with Crippen molar-refractivity contribution < 1.29 is 33.8 Å². The highest BCUT2D eigenvalue weighted by Crippen LogP contribution is 2.65. The smallest absolute Gasteiger partial charge is 0.260 e. The van der Waals surface area contributed by atoms with Crippen molar-refractivity contribution in [1.29, 1.82) is 0 Å². The molecule has 272 valence electrons. The molecule has 0 radical (unpaired) electrons. The van der Waals surface area contributed by atoms with Crippen LogP contribution in [0, 0.1) is 23.7 Å². The van der Waals surface area contributed by atoms with Crippen molar-refractivity contribution in [3.8, 4) is 17.2 Å². The summed E-state index contributed by atoms with van der Waals surface area (Å²) in [6, 6.07) is 18.7. The highest BCUT2D eigenvalue weighted by molar-refractivity contribution is 9.10. The van der Waals surface area contributed by atoms with E-state index in [0.29, 0.717) is 31.9 Å². The molecule has 2 aliphatic heterocycles. The van der Waals surface area contributed by atoms with Gasteiger partial charge in [-0.3, -0.25) is 29.5 Å². The summed E-state index contributed by atoms with van der Waals surface area (Å²) >= 11 is 17.8. The minimum Gasteiger partial charge on any atom is -0.504 e. The highest BCUT2D eigenvalue weighted by atomic mass is 79.9. The van der Waals surface area contributed by atoms with Crippen LogP contribution < -0.4 is 14.9 Å². The van der Waals surface area contributed by atoms with E-state index in [1.54, 1.807) is 48.5 Å². The number of phenolic OH excluding ortho intramolecular Hbond substituents is 1. The maximum Gasteiger partial charge on any atom is 0.260 e. The van der Waals surface area contributed by atoms with Crippen LogP contribution in [-0.2, 0) is 31.1 Å². The lowest BCUT2D eigenvalue weighted by Crippen LogP contribution is -2.53. The first-order valence-corrected chi connectivity index (χ1v) is 19.3. The SMILES string of the molecule is COc1ccc([C@@]23C(=O)N(Nc4ccc(Cl)cc4Cl)C(=O)[C@@H]2C[C@@H]2C(=CC[C@@H]4C(=O)N(Cc5cccs5)C(=O)[C@@H]42)[C@@H]3c2cc(Br)cc(OC)c2O)cc1. The van der Waals surface area contributed by atoms with E-state index < -0.39 is 46.8 Å². The van der Waals surface area contributed by atoms with Gasteiger partial charge < -0.3 is 14.6 Å². The van der Waals surface area contributed by atoms with Gasteiger partial charge in [0.05, 0.1) is 54.6 Å². The first-order valence-electron chi connectivity index (χ1n) is 16.9. The number of rotatable bonds is 8. The normalized spacial score (nSPS) is 26.3. The minimum absolute atomic E-state index is 0.0877. The zero-order valence-corrected chi connectivity index (χ0v) is 32.3. The van der Waals surface area contributed by atoms with Crippen molar-refractivity contribution >= 4 is 79.8 Å². The molecule has 0 bridgehead atoms. The molecule has 3 heterocycles. The molecule has 4 aliphatic rings. The Bertz CT molecular complexity index is 2210. The fourth-order valence-corrected chi connectivity index (χ4v) is 10.5. The molecule has 1 saturated carbocycles.